The highest BCUT2D eigenvalue weighted by Crippen LogP contribution is 2.38. The van der Waals surface area contributed by atoms with Crippen molar-refractivity contribution in [1.29, 1.82) is 0 Å². The highest BCUT2D eigenvalue weighted by atomic mass is 31.2. The Morgan fingerprint density at radius 2 is 0.628 bits per heavy atom. The highest BCUT2D eigenvalue weighted by Gasteiger charge is 2.22. The third-order valence-corrected chi connectivity index (χ3v) is 15.0. The topological polar surface area (TPSA) is 111 Å². The molecule has 0 fully saturated rings. The Kier molecular flexibility index (Phi) is 61.8. The lowest BCUT2D eigenvalue weighted by Gasteiger charge is -2.28. The maximum atomic E-state index is 12.9. The molecule has 0 rings (SSSR count). The van der Waals surface area contributed by atoms with E-state index in [9.17, 15) is 19.0 Å². The molecule has 0 amide bonds. The van der Waals surface area contributed by atoms with Crippen molar-refractivity contribution in [2.45, 2.75) is 264 Å². The van der Waals surface area contributed by atoms with Crippen LogP contribution < -0.4 is 4.89 Å². The minimum Gasteiger partial charge on any atom is -0.756 e. The maximum Gasteiger partial charge on any atom is 0.306 e. The molecule has 86 heavy (non-hydrogen) atoms. The van der Waals surface area contributed by atoms with Gasteiger partial charge in [-0.15, -0.1) is 0 Å². The third kappa shape index (κ3) is 68.7. The molecule has 0 N–H and O–H groups in total. The zero-order valence-electron chi connectivity index (χ0n) is 55.4. The summed E-state index contributed by atoms with van der Waals surface area (Å²) in [7, 11) is 1.14. The van der Waals surface area contributed by atoms with Crippen LogP contribution in [-0.2, 0) is 32.7 Å². The molecule has 0 aliphatic rings. The van der Waals surface area contributed by atoms with Gasteiger partial charge in [0.05, 0.1) is 27.7 Å². The Bertz CT molecular complexity index is 2010. The molecule has 0 aliphatic carbocycles. The fraction of sp³-hybridized carbons (Fsp3) is 0.632. The lowest BCUT2D eigenvalue weighted by molar-refractivity contribution is -0.870. The number of carbonyl (C=O) groups is 2. The number of phosphoric acid groups is 1. The quantitative estimate of drug-likeness (QED) is 0.0195. The molecule has 0 aromatic carbocycles. The number of nitrogens with zero attached hydrogens (tertiary/aromatic N) is 1. The van der Waals surface area contributed by atoms with Crippen LogP contribution in [0.3, 0.4) is 0 Å². The van der Waals surface area contributed by atoms with E-state index in [1.807, 2.05) is 21.1 Å². The van der Waals surface area contributed by atoms with Crippen molar-refractivity contribution in [2.24, 2.45) is 0 Å². The molecule has 0 spiro atoms. The van der Waals surface area contributed by atoms with Gasteiger partial charge in [0, 0.05) is 12.8 Å². The number of quaternary nitrogens is 1. The van der Waals surface area contributed by atoms with Crippen LogP contribution in [0.2, 0.25) is 0 Å². The number of likely N-dealkylation sites (N-methyl/N-ethyl adjacent to an activating group) is 1. The largest absolute Gasteiger partial charge is 0.756 e. The first-order valence-electron chi connectivity index (χ1n) is 34.2. The van der Waals surface area contributed by atoms with Crippen molar-refractivity contribution in [3.63, 3.8) is 0 Å². The number of hydrogen-bond donors (Lipinski definition) is 0. The fourth-order valence-electron chi connectivity index (χ4n) is 8.88. The predicted octanol–water partition coefficient (Wildman–Crippen LogP) is 21.7. The van der Waals surface area contributed by atoms with Gasteiger partial charge < -0.3 is 27.9 Å². The molecule has 0 aliphatic heterocycles. The molecular weight excluding hydrogens is 1090 g/mol. The Morgan fingerprint density at radius 3 is 0.930 bits per heavy atom. The molecule has 0 radical (unpaired) electrons. The van der Waals surface area contributed by atoms with Gasteiger partial charge in [-0.2, -0.15) is 0 Å². The average Bonchev–Trinajstić information content (AvgIpc) is 3.56. The first-order chi connectivity index (χ1) is 42.0. The number of rotatable bonds is 61. The summed E-state index contributed by atoms with van der Waals surface area (Å²) in [6, 6.07) is 0. The van der Waals surface area contributed by atoms with E-state index in [-0.39, 0.29) is 26.1 Å². The number of esters is 2. The Hall–Kier alpha value is -4.37. The van der Waals surface area contributed by atoms with E-state index in [2.05, 4.69) is 172 Å². The van der Waals surface area contributed by atoms with E-state index in [1.54, 1.807) is 0 Å². The van der Waals surface area contributed by atoms with Crippen molar-refractivity contribution in [2.75, 3.05) is 47.5 Å². The van der Waals surface area contributed by atoms with Crippen molar-refractivity contribution in [3.05, 3.63) is 158 Å². The van der Waals surface area contributed by atoms with E-state index in [4.69, 9.17) is 18.5 Å². The summed E-state index contributed by atoms with van der Waals surface area (Å²) in [6.45, 7) is 4.00. The molecule has 0 aromatic heterocycles. The second kappa shape index (κ2) is 65.1. The molecule has 9 nitrogen and oxygen atoms in total. The monoisotopic (exact) mass is 1210 g/mol. The maximum absolute atomic E-state index is 12.9. The first-order valence-corrected chi connectivity index (χ1v) is 35.7. The standard InChI is InChI=1S/C76H126NO8P/c1-6-8-10-12-14-16-18-20-22-24-26-28-30-32-34-35-36-37-38-39-40-41-43-45-47-49-51-53-55-57-59-61-63-65-67-69-76(79)85-74(73-84-86(80,81)83-71-70-77(3,4)5)72-82-75(78)68-66-64-62-60-58-56-54-52-50-48-46-44-42-33-31-29-27-25-23-21-19-17-15-13-11-9-7-2/h8-11,14-17,20-23,26-29,32-34,36-37,39-40,42,46,48,74H,6-7,12-13,18-19,24-25,30-31,35,38,41,43-45,47,49-73H2,1-5H3/b10-8-,11-9-,16-14-,17-15-,22-20-,23-21-,28-26-,29-27-,34-32-,37-36-,40-39-,42-33-,48-46-. The number of allylic oxidation sites excluding steroid dienone is 26. The van der Waals surface area contributed by atoms with Gasteiger partial charge in [0.25, 0.3) is 7.82 Å². The Balaban J connectivity index is 4.13. The molecule has 0 bridgehead atoms. The molecule has 2 atom stereocenters. The van der Waals surface area contributed by atoms with Crippen LogP contribution in [0.4, 0.5) is 0 Å². The summed E-state index contributed by atoms with van der Waals surface area (Å²) < 4.78 is 34.3. The summed E-state index contributed by atoms with van der Waals surface area (Å²) in [5, 5.41) is 0. The molecular formula is C76H126NO8P. The fourth-order valence-corrected chi connectivity index (χ4v) is 9.60. The summed E-state index contributed by atoms with van der Waals surface area (Å²) in [5.41, 5.74) is 0. The minimum absolute atomic E-state index is 0.0401. The average molecular weight is 1210 g/mol. The zero-order chi connectivity index (χ0) is 62.6. The normalized spacial score (nSPS) is 14.2. The van der Waals surface area contributed by atoms with Crippen LogP contribution in [0.15, 0.2) is 158 Å². The third-order valence-electron chi connectivity index (χ3n) is 14.0. The van der Waals surface area contributed by atoms with E-state index < -0.39 is 32.5 Å². The van der Waals surface area contributed by atoms with Gasteiger partial charge >= 0.3 is 11.9 Å². The second-order valence-corrected chi connectivity index (χ2v) is 24.8. The van der Waals surface area contributed by atoms with E-state index in [0.717, 1.165) is 128 Å². The highest BCUT2D eigenvalue weighted by molar-refractivity contribution is 7.45. The minimum atomic E-state index is -4.65. The molecule has 2 unspecified atom stereocenters. The van der Waals surface area contributed by atoms with Gasteiger partial charge in [-0.25, -0.2) is 0 Å². The number of ether oxygens (including phenoxy) is 2. The van der Waals surface area contributed by atoms with Gasteiger partial charge in [-0.3, -0.25) is 14.2 Å². The lowest BCUT2D eigenvalue weighted by Crippen LogP contribution is -2.37. The van der Waals surface area contributed by atoms with Crippen molar-refractivity contribution in [3.8, 4) is 0 Å². The van der Waals surface area contributed by atoms with Gasteiger partial charge in [-0.1, -0.05) is 281 Å². The lowest BCUT2D eigenvalue weighted by atomic mass is 10.0. The number of carbonyl (C=O) groups excluding carboxylic acids is 2. The van der Waals surface area contributed by atoms with Gasteiger partial charge in [0.15, 0.2) is 6.10 Å². The summed E-state index contributed by atoms with van der Waals surface area (Å²) >= 11 is 0. The number of unbranched alkanes of at least 4 members (excludes halogenated alkanes) is 21. The zero-order valence-corrected chi connectivity index (χ0v) is 56.3. The molecule has 10 heteroatoms. The van der Waals surface area contributed by atoms with Gasteiger partial charge in [-0.05, 0) is 122 Å². The summed E-state index contributed by atoms with van der Waals surface area (Å²) in [5.74, 6) is -0.851. The first kappa shape index (κ1) is 81.6. The molecule has 0 saturated carbocycles. The predicted molar refractivity (Wildman–Crippen MR) is 369 cm³/mol. The molecule has 0 aromatic rings. The van der Waals surface area contributed by atoms with E-state index in [0.29, 0.717) is 23.9 Å². The van der Waals surface area contributed by atoms with Crippen molar-refractivity contribution >= 4 is 19.8 Å². The summed E-state index contributed by atoms with van der Waals surface area (Å²) in [6.07, 6.45) is 97.3. The van der Waals surface area contributed by atoms with Crippen LogP contribution in [-0.4, -0.2) is 70.0 Å². The van der Waals surface area contributed by atoms with Gasteiger partial charge in [0.2, 0.25) is 0 Å². The Morgan fingerprint density at radius 1 is 0.360 bits per heavy atom. The van der Waals surface area contributed by atoms with Crippen LogP contribution in [0, 0.1) is 0 Å². The van der Waals surface area contributed by atoms with E-state index >= 15 is 0 Å². The van der Waals surface area contributed by atoms with Crippen LogP contribution in [0.5, 0.6) is 0 Å². The number of phosphoric ester groups is 1. The molecule has 488 valence electrons. The van der Waals surface area contributed by atoms with Crippen LogP contribution in [0.1, 0.15) is 258 Å². The van der Waals surface area contributed by atoms with E-state index in [1.165, 1.54) is 89.9 Å². The van der Waals surface area contributed by atoms with Crippen LogP contribution >= 0.6 is 7.82 Å². The number of hydrogen-bond acceptors (Lipinski definition) is 8. The second-order valence-electron chi connectivity index (χ2n) is 23.4. The van der Waals surface area contributed by atoms with Crippen molar-refractivity contribution < 1.29 is 42.1 Å². The Labute approximate surface area is 528 Å². The van der Waals surface area contributed by atoms with Gasteiger partial charge in [0.1, 0.15) is 19.8 Å². The smallest absolute Gasteiger partial charge is 0.306 e. The SMILES string of the molecule is CC/C=C\C/C=C\C/C=C\C/C=C\C/C=C\C/C=C\C/C=C\CCCCCCCCCCCCCCCC(=O)OC(COC(=O)CCCCCCCCCC/C=C\C/C=C\C/C=C\C/C=C\C/C=C\C/C=C\CC)COP(=O)([O-])OCC[N+](C)(C)C. The van der Waals surface area contributed by atoms with Crippen LogP contribution in [0.25, 0.3) is 0 Å². The van der Waals surface area contributed by atoms with Crippen molar-refractivity contribution in [1.82, 2.24) is 0 Å². The summed E-state index contributed by atoms with van der Waals surface area (Å²) in [4.78, 5) is 38.1. The molecule has 0 saturated heterocycles. The molecule has 0 heterocycles.